The first-order valence-corrected chi connectivity index (χ1v) is 5.67. The van der Waals surface area contributed by atoms with Crippen molar-refractivity contribution in [1.82, 2.24) is 9.38 Å². The van der Waals surface area contributed by atoms with E-state index >= 15 is 0 Å². The van der Waals surface area contributed by atoms with Gasteiger partial charge in [-0.3, -0.25) is 4.40 Å². The summed E-state index contributed by atoms with van der Waals surface area (Å²) in [5.41, 5.74) is 7.59. The highest BCUT2D eigenvalue weighted by Gasteiger charge is 2.06. The third-order valence-corrected chi connectivity index (χ3v) is 2.74. The number of imidazole rings is 1. The van der Waals surface area contributed by atoms with Gasteiger partial charge in [0.05, 0.1) is 17.3 Å². The molecular formula is C14H10N4O. The van der Waals surface area contributed by atoms with Crippen molar-refractivity contribution in [3.63, 3.8) is 0 Å². The van der Waals surface area contributed by atoms with Gasteiger partial charge in [0.2, 0.25) is 5.88 Å². The van der Waals surface area contributed by atoms with Crippen molar-refractivity contribution in [1.29, 1.82) is 5.26 Å². The van der Waals surface area contributed by atoms with Gasteiger partial charge >= 0.3 is 0 Å². The molecule has 2 heterocycles. The molecule has 2 aromatic heterocycles. The van der Waals surface area contributed by atoms with Crippen molar-refractivity contribution >= 4 is 11.3 Å². The van der Waals surface area contributed by atoms with Gasteiger partial charge < -0.3 is 10.5 Å². The van der Waals surface area contributed by atoms with Crippen LogP contribution in [0.1, 0.15) is 5.56 Å². The summed E-state index contributed by atoms with van der Waals surface area (Å²) in [6.07, 6.45) is 3.51. The van der Waals surface area contributed by atoms with Crippen molar-refractivity contribution in [2.75, 3.05) is 5.73 Å². The Bertz CT molecular complexity index is 785. The summed E-state index contributed by atoms with van der Waals surface area (Å²) in [6, 6.07) is 12.5. The first kappa shape index (κ1) is 11.1. The number of anilines is 1. The van der Waals surface area contributed by atoms with Gasteiger partial charge in [0.15, 0.2) is 5.75 Å². The number of hydrogen-bond acceptors (Lipinski definition) is 4. The number of nitrogens with zero attached hydrogens (tertiary/aromatic N) is 3. The van der Waals surface area contributed by atoms with Crippen LogP contribution < -0.4 is 10.5 Å². The molecule has 0 atom stereocenters. The number of benzene rings is 1. The Hall–Kier alpha value is -3.00. The van der Waals surface area contributed by atoms with E-state index in [0.29, 0.717) is 22.9 Å². The topological polar surface area (TPSA) is 76.3 Å². The zero-order valence-corrected chi connectivity index (χ0v) is 9.95. The van der Waals surface area contributed by atoms with Crippen molar-refractivity contribution in [3.8, 4) is 17.7 Å². The summed E-state index contributed by atoms with van der Waals surface area (Å²) in [4.78, 5) is 4.18. The summed E-state index contributed by atoms with van der Waals surface area (Å²) < 4.78 is 7.59. The van der Waals surface area contributed by atoms with Gasteiger partial charge in [-0.15, -0.1) is 0 Å². The third-order valence-electron chi connectivity index (χ3n) is 2.74. The average Bonchev–Trinajstić information content (AvgIpc) is 2.90. The van der Waals surface area contributed by atoms with Crippen LogP contribution >= 0.6 is 0 Å². The molecule has 19 heavy (non-hydrogen) atoms. The van der Waals surface area contributed by atoms with E-state index in [4.69, 9.17) is 15.7 Å². The fourth-order valence-corrected chi connectivity index (χ4v) is 1.83. The predicted octanol–water partition coefficient (Wildman–Crippen LogP) is 2.58. The van der Waals surface area contributed by atoms with Crippen LogP contribution in [0.25, 0.3) is 5.65 Å². The summed E-state index contributed by atoms with van der Waals surface area (Å²) in [5, 5.41) is 8.80. The molecule has 0 saturated carbocycles. The number of nitrogen functional groups attached to an aromatic ring is 1. The normalized spacial score (nSPS) is 10.3. The number of nitrogens with two attached hydrogens (primary N) is 1. The van der Waals surface area contributed by atoms with E-state index in [0.717, 1.165) is 5.65 Å². The highest BCUT2D eigenvalue weighted by atomic mass is 16.5. The Kier molecular flexibility index (Phi) is 2.54. The molecule has 1 aromatic carbocycles. The fourth-order valence-electron chi connectivity index (χ4n) is 1.83. The van der Waals surface area contributed by atoms with Crippen LogP contribution in [-0.4, -0.2) is 9.38 Å². The zero-order valence-electron chi connectivity index (χ0n) is 9.95. The van der Waals surface area contributed by atoms with Gasteiger partial charge in [0, 0.05) is 12.4 Å². The lowest BCUT2D eigenvalue weighted by molar-refractivity contribution is 0.458. The number of rotatable bonds is 2. The minimum Gasteiger partial charge on any atom is -0.438 e. The maximum Gasteiger partial charge on any atom is 0.205 e. The number of ether oxygens (including phenoxy) is 1. The Morgan fingerprint density at radius 2 is 2.16 bits per heavy atom. The lowest BCUT2D eigenvalue weighted by Gasteiger charge is -2.10. The largest absolute Gasteiger partial charge is 0.438 e. The van der Waals surface area contributed by atoms with Gasteiger partial charge in [0.1, 0.15) is 5.65 Å². The molecule has 0 bridgehead atoms. The average molecular weight is 250 g/mol. The van der Waals surface area contributed by atoms with Crippen molar-refractivity contribution < 1.29 is 4.74 Å². The number of aromatic nitrogens is 2. The second-order valence-corrected chi connectivity index (χ2v) is 3.99. The minimum absolute atomic E-state index is 0.427. The van der Waals surface area contributed by atoms with Crippen LogP contribution in [0.3, 0.4) is 0 Å². The molecule has 5 heteroatoms. The quantitative estimate of drug-likeness (QED) is 0.709. The molecule has 0 amide bonds. The zero-order chi connectivity index (χ0) is 13.2. The molecule has 0 aliphatic carbocycles. The predicted molar refractivity (Wildman–Crippen MR) is 70.8 cm³/mol. The van der Waals surface area contributed by atoms with Crippen LogP contribution in [-0.2, 0) is 0 Å². The third kappa shape index (κ3) is 1.96. The molecule has 0 spiro atoms. The van der Waals surface area contributed by atoms with E-state index in [2.05, 4.69) is 4.98 Å². The SMILES string of the molecule is N#Cc1ccc(Oc2cccc3nccn23)c(N)c1. The molecule has 0 fully saturated rings. The van der Waals surface area contributed by atoms with Crippen molar-refractivity contribution in [2.45, 2.75) is 0 Å². The minimum atomic E-state index is 0.427. The molecule has 92 valence electrons. The van der Waals surface area contributed by atoms with Crippen LogP contribution in [0.5, 0.6) is 11.6 Å². The number of nitriles is 1. The first-order valence-electron chi connectivity index (χ1n) is 5.67. The lowest BCUT2D eigenvalue weighted by atomic mass is 10.2. The molecule has 5 nitrogen and oxygen atoms in total. The second kappa shape index (κ2) is 4.35. The summed E-state index contributed by atoms with van der Waals surface area (Å²) in [5.74, 6) is 1.13. The molecule has 0 aliphatic heterocycles. The fraction of sp³-hybridized carbons (Fsp3) is 0. The highest BCUT2D eigenvalue weighted by Crippen LogP contribution is 2.28. The van der Waals surface area contributed by atoms with Crippen molar-refractivity contribution in [2.24, 2.45) is 0 Å². The van der Waals surface area contributed by atoms with E-state index in [1.54, 1.807) is 24.4 Å². The van der Waals surface area contributed by atoms with Crippen LogP contribution in [0.2, 0.25) is 0 Å². The molecule has 0 radical (unpaired) electrons. The Morgan fingerprint density at radius 3 is 2.95 bits per heavy atom. The van der Waals surface area contributed by atoms with Gasteiger partial charge in [-0.05, 0) is 30.3 Å². The number of fused-ring (bicyclic) bond motifs is 1. The molecule has 0 saturated heterocycles. The maximum atomic E-state index is 8.80. The highest BCUT2D eigenvalue weighted by molar-refractivity contribution is 5.57. The molecule has 3 rings (SSSR count). The van der Waals surface area contributed by atoms with E-state index in [-0.39, 0.29) is 0 Å². The summed E-state index contributed by atoms with van der Waals surface area (Å²) in [6.45, 7) is 0. The van der Waals surface area contributed by atoms with E-state index in [9.17, 15) is 0 Å². The van der Waals surface area contributed by atoms with Crippen LogP contribution in [0, 0.1) is 11.3 Å². The monoisotopic (exact) mass is 250 g/mol. The molecule has 2 N–H and O–H groups in total. The lowest BCUT2D eigenvalue weighted by Crippen LogP contribution is -1.96. The van der Waals surface area contributed by atoms with E-state index in [1.807, 2.05) is 34.9 Å². The Balaban J connectivity index is 2.02. The Morgan fingerprint density at radius 1 is 1.26 bits per heavy atom. The standard InChI is InChI=1S/C14H10N4O/c15-9-10-4-5-12(11(16)8-10)19-14-3-1-2-13-17-6-7-18(13)14/h1-8H,16H2. The van der Waals surface area contributed by atoms with Crippen molar-refractivity contribution in [3.05, 3.63) is 54.4 Å². The van der Waals surface area contributed by atoms with Crippen LogP contribution in [0.15, 0.2) is 48.8 Å². The maximum absolute atomic E-state index is 8.80. The number of pyridine rings is 1. The van der Waals surface area contributed by atoms with E-state index in [1.165, 1.54) is 0 Å². The molecule has 0 unspecified atom stereocenters. The smallest absolute Gasteiger partial charge is 0.205 e. The summed E-state index contributed by atoms with van der Waals surface area (Å²) >= 11 is 0. The van der Waals surface area contributed by atoms with Gasteiger partial charge in [0.25, 0.3) is 0 Å². The Labute approximate surface area is 109 Å². The second-order valence-electron chi connectivity index (χ2n) is 3.99. The molecular weight excluding hydrogens is 240 g/mol. The van der Waals surface area contributed by atoms with Crippen LogP contribution in [0.4, 0.5) is 5.69 Å². The molecule has 0 aliphatic rings. The summed E-state index contributed by atoms with van der Waals surface area (Å²) in [7, 11) is 0. The first-order chi connectivity index (χ1) is 9.28. The van der Waals surface area contributed by atoms with Gasteiger partial charge in [-0.2, -0.15) is 5.26 Å². The van der Waals surface area contributed by atoms with Gasteiger partial charge in [-0.1, -0.05) is 6.07 Å². The molecule has 3 aromatic rings. The van der Waals surface area contributed by atoms with E-state index < -0.39 is 0 Å². The van der Waals surface area contributed by atoms with Gasteiger partial charge in [-0.25, -0.2) is 4.98 Å². The number of hydrogen-bond donors (Lipinski definition) is 1.